The minimum absolute atomic E-state index is 0.0789. The van der Waals surface area contributed by atoms with Gasteiger partial charge in [-0.15, -0.1) is 0 Å². The Bertz CT molecular complexity index is 1530. The molecule has 0 amide bonds. The predicted octanol–water partition coefficient (Wildman–Crippen LogP) is 2.16. The number of fused-ring (bicyclic) bond motifs is 2. The van der Waals surface area contributed by atoms with Gasteiger partial charge in [0.2, 0.25) is 6.10 Å². The van der Waals surface area contributed by atoms with E-state index in [1.54, 1.807) is 13.8 Å². The highest BCUT2D eigenvalue weighted by atomic mass is 16.6. The van der Waals surface area contributed by atoms with Crippen molar-refractivity contribution in [1.29, 1.82) is 0 Å². The second kappa shape index (κ2) is 11.3. The van der Waals surface area contributed by atoms with Gasteiger partial charge in [-0.25, -0.2) is 4.79 Å². The molecule has 2 aliphatic carbocycles. The molecule has 256 valence electrons. The second-order valence-corrected chi connectivity index (χ2v) is 13.8. The zero-order chi connectivity index (χ0) is 35.0. The number of methoxy groups -OCH3 is 1. The molecule has 0 aromatic carbocycles. The third kappa shape index (κ3) is 4.58. The van der Waals surface area contributed by atoms with Crippen molar-refractivity contribution in [2.24, 2.45) is 28.1 Å². The van der Waals surface area contributed by atoms with Crippen LogP contribution in [0.2, 0.25) is 0 Å². The molecule has 47 heavy (non-hydrogen) atoms. The maximum absolute atomic E-state index is 15.2. The zero-order valence-corrected chi connectivity index (χ0v) is 27.5. The minimum atomic E-state index is -2.19. The van der Waals surface area contributed by atoms with Crippen LogP contribution >= 0.6 is 0 Å². The Balaban J connectivity index is 1.86. The molecule has 5 rings (SSSR count). The van der Waals surface area contributed by atoms with Gasteiger partial charge in [0.15, 0.2) is 11.9 Å². The van der Waals surface area contributed by atoms with Gasteiger partial charge in [-0.2, -0.15) is 0 Å². The fourth-order valence-corrected chi connectivity index (χ4v) is 8.87. The second-order valence-electron chi connectivity index (χ2n) is 13.8. The van der Waals surface area contributed by atoms with E-state index in [9.17, 15) is 29.1 Å². The normalized spacial score (nSPS) is 40.2. The largest absolute Gasteiger partial charge is 0.472 e. The number of aliphatic hydroxyl groups is 1. The summed E-state index contributed by atoms with van der Waals surface area (Å²) in [5.74, 6) is -7.34. The van der Waals surface area contributed by atoms with Gasteiger partial charge in [-0.3, -0.25) is 24.0 Å². The van der Waals surface area contributed by atoms with Crippen molar-refractivity contribution < 1.29 is 66.7 Å². The van der Waals surface area contributed by atoms with E-state index in [1.807, 2.05) is 0 Å². The Hall–Kier alpha value is -4.04. The van der Waals surface area contributed by atoms with Crippen molar-refractivity contribution in [1.82, 2.24) is 0 Å². The lowest BCUT2D eigenvalue weighted by Crippen LogP contribution is -2.74. The smallest absolute Gasteiger partial charge is 0.351 e. The molecule has 0 unspecified atom stereocenters. The molecule has 4 fully saturated rings. The lowest BCUT2D eigenvalue weighted by Gasteiger charge is -2.62. The molecule has 3 heterocycles. The van der Waals surface area contributed by atoms with Crippen LogP contribution in [0.5, 0.6) is 0 Å². The van der Waals surface area contributed by atoms with Crippen molar-refractivity contribution >= 4 is 35.6 Å². The van der Waals surface area contributed by atoms with E-state index in [4.69, 9.17) is 32.8 Å². The number of ether oxygens (including phenoxy) is 6. The van der Waals surface area contributed by atoms with Crippen molar-refractivity contribution in [3.05, 3.63) is 36.3 Å². The summed E-state index contributed by atoms with van der Waals surface area (Å²) in [6.45, 7) is 13.9. The van der Waals surface area contributed by atoms with E-state index in [1.165, 1.54) is 39.5 Å². The zero-order valence-electron chi connectivity index (χ0n) is 27.5. The number of esters is 5. The van der Waals surface area contributed by atoms with Crippen LogP contribution in [0.1, 0.15) is 66.6 Å². The number of aliphatic hydroxyl groups excluding tert-OH is 1. The molecule has 14 heteroatoms. The van der Waals surface area contributed by atoms with Crippen molar-refractivity contribution in [2.75, 3.05) is 7.11 Å². The maximum Gasteiger partial charge on any atom is 0.351 e. The SMILES string of the molecule is C=C1[C@H]2C(=O)[C@]3(C)[C@H](CC(=O)OC)C(C)(C)[C@@H](OC(C)=O)[C@@H](OC(C)=O)[C@@H]3O[C@@]13[C@H](OC(C)=O)C(=O)O[C@@H](c1ccoc1)[C@]3(C)[C@H]2O. The van der Waals surface area contributed by atoms with Crippen LogP contribution in [-0.2, 0) is 57.2 Å². The molecule has 4 aliphatic rings. The van der Waals surface area contributed by atoms with E-state index < -0.39 is 106 Å². The van der Waals surface area contributed by atoms with Crippen LogP contribution in [0.4, 0.5) is 0 Å². The Labute approximate surface area is 271 Å². The minimum Gasteiger partial charge on any atom is -0.472 e. The first-order valence-corrected chi connectivity index (χ1v) is 15.2. The number of hydrogen-bond donors (Lipinski definition) is 1. The van der Waals surface area contributed by atoms with E-state index in [2.05, 4.69) is 6.58 Å². The molecular weight excluding hydrogens is 620 g/mol. The quantitative estimate of drug-likeness (QED) is 0.265. The summed E-state index contributed by atoms with van der Waals surface area (Å²) >= 11 is 0. The highest BCUT2D eigenvalue weighted by molar-refractivity contribution is 5.95. The first kappa shape index (κ1) is 34.3. The average Bonchev–Trinajstić information content (AvgIpc) is 3.55. The maximum atomic E-state index is 15.2. The first-order valence-electron chi connectivity index (χ1n) is 15.2. The summed E-state index contributed by atoms with van der Waals surface area (Å²) in [6.07, 6.45) is -6.95. The van der Waals surface area contributed by atoms with Crippen molar-refractivity contribution in [2.45, 2.75) is 97.1 Å². The Kier molecular flexibility index (Phi) is 8.24. The number of furan rings is 1. The van der Waals surface area contributed by atoms with Crippen LogP contribution in [0.3, 0.4) is 0 Å². The summed E-state index contributed by atoms with van der Waals surface area (Å²) in [5, 5.41) is 12.3. The third-order valence-corrected chi connectivity index (χ3v) is 10.9. The topological polar surface area (TPSA) is 191 Å². The number of ketones is 1. The molecule has 1 aromatic rings. The molecule has 2 saturated carbocycles. The third-order valence-electron chi connectivity index (χ3n) is 10.9. The van der Waals surface area contributed by atoms with E-state index in [0.29, 0.717) is 5.56 Å². The molecular formula is C33H40O14. The standard InChI is InChI=1S/C33H40O14/c1-14-21-23(38)31(7)19(12-20(37)41-9)30(5,6)26(44-16(3)35)22(43-15(2)34)27(31)47-33(14)28(45-17(4)36)29(40)46-25(18-10-11-42-13-18)32(33,8)24(21)39/h10-11,13,19,21-22,24-28,39H,1,12H2,2-9H3/t19-,21+,22-,24+,25+,26+,27+,28-,31+,32+,33-/m1/s1. The Morgan fingerprint density at radius 2 is 1.60 bits per heavy atom. The number of Topliss-reactive ketones (excluding diaryl/α,β-unsaturated/α-hetero) is 1. The Morgan fingerprint density at radius 1 is 0.979 bits per heavy atom. The molecule has 1 N–H and O–H groups in total. The van der Waals surface area contributed by atoms with Crippen molar-refractivity contribution in [3.63, 3.8) is 0 Å². The molecule has 0 radical (unpaired) electrons. The van der Waals surface area contributed by atoms with Gasteiger partial charge in [0.1, 0.15) is 23.9 Å². The van der Waals surface area contributed by atoms with Gasteiger partial charge in [-0.1, -0.05) is 20.4 Å². The van der Waals surface area contributed by atoms with Crippen LogP contribution in [-0.4, -0.2) is 84.0 Å². The molecule has 14 nitrogen and oxygen atoms in total. The number of rotatable bonds is 6. The molecule has 1 spiro atoms. The Morgan fingerprint density at radius 3 is 2.13 bits per heavy atom. The van der Waals surface area contributed by atoms with Gasteiger partial charge in [0, 0.05) is 31.7 Å². The van der Waals surface area contributed by atoms with Crippen LogP contribution in [0, 0.1) is 28.1 Å². The number of carbonyl (C=O) groups is 6. The van der Waals surface area contributed by atoms with E-state index in [-0.39, 0.29) is 12.0 Å². The molecule has 11 atom stereocenters. The summed E-state index contributed by atoms with van der Waals surface area (Å²) in [5.41, 5.74) is -6.78. The van der Waals surface area contributed by atoms with Gasteiger partial charge >= 0.3 is 29.8 Å². The van der Waals surface area contributed by atoms with Gasteiger partial charge in [-0.05, 0) is 31.4 Å². The molecule has 1 aromatic heterocycles. The monoisotopic (exact) mass is 660 g/mol. The van der Waals surface area contributed by atoms with Gasteiger partial charge in [0.25, 0.3) is 0 Å². The lowest BCUT2D eigenvalue weighted by molar-refractivity contribution is -0.316. The van der Waals surface area contributed by atoms with Crippen LogP contribution < -0.4 is 0 Å². The molecule has 2 bridgehead atoms. The first-order chi connectivity index (χ1) is 21.8. The number of cyclic esters (lactones) is 1. The van der Waals surface area contributed by atoms with Crippen LogP contribution in [0.15, 0.2) is 35.2 Å². The number of carbonyl (C=O) groups excluding carboxylic acids is 6. The lowest BCUT2D eigenvalue weighted by atomic mass is 9.49. The fraction of sp³-hybridized carbons (Fsp3) is 0.636. The summed E-state index contributed by atoms with van der Waals surface area (Å²) in [7, 11) is 1.18. The summed E-state index contributed by atoms with van der Waals surface area (Å²) < 4.78 is 40.3. The van der Waals surface area contributed by atoms with Gasteiger partial charge < -0.3 is 37.9 Å². The van der Waals surface area contributed by atoms with E-state index >= 15 is 4.79 Å². The van der Waals surface area contributed by atoms with Crippen molar-refractivity contribution in [3.8, 4) is 0 Å². The molecule has 2 aliphatic heterocycles. The predicted molar refractivity (Wildman–Crippen MR) is 156 cm³/mol. The van der Waals surface area contributed by atoms with Gasteiger partial charge in [0.05, 0.1) is 48.9 Å². The van der Waals surface area contributed by atoms with Crippen LogP contribution in [0.25, 0.3) is 0 Å². The highest BCUT2D eigenvalue weighted by Crippen LogP contribution is 2.70. The highest BCUT2D eigenvalue weighted by Gasteiger charge is 2.83. The summed E-state index contributed by atoms with van der Waals surface area (Å²) in [4.78, 5) is 79.9. The average molecular weight is 661 g/mol. The number of hydrogen-bond acceptors (Lipinski definition) is 14. The van der Waals surface area contributed by atoms with E-state index in [0.717, 1.165) is 20.8 Å². The summed E-state index contributed by atoms with van der Waals surface area (Å²) in [6, 6.07) is 1.51. The molecule has 2 saturated heterocycles. The fourth-order valence-electron chi connectivity index (χ4n) is 8.87.